The van der Waals surface area contributed by atoms with Gasteiger partial charge < -0.3 is 13.9 Å². The fourth-order valence-corrected chi connectivity index (χ4v) is 3.20. The molecule has 0 saturated heterocycles. The molecular formula is C22H16Cl2N2O4. The van der Waals surface area contributed by atoms with Gasteiger partial charge in [-0.05, 0) is 48.9 Å². The molecule has 0 unspecified atom stereocenters. The highest BCUT2D eigenvalue weighted by atomic mass is 35.5. The first-order valence-electron chi connectivity index (χ1n) is 9.19. The van der Waals surface area contributed by atoms with Crippen LogP contribution in [0.25, 0.3) is 22.7 Å². The van der Waals surface area contributed by atoms with E-state index in [1.54, 1.807) is 42.6 Å². The van der Waals surface area contributed by atoms with Crippen LogP contribution in [0.2, 0.25) is 10.0 Å². The molecule has 0 radical (unpaired) electrons. The van der Waals surface area contributed by atoms with E-state index < -0.39 is 0 Å². The summed E-state index contributed by atoms with van der Waals surface area (Å²) < 4.78 is 16.7. The van der Waals surface area contributed by atoms with Gasteiger partial charge in [-0.1, -0.05) is 29.3 Å². The molecule has 0 spiro atoms. The number of nitrogens with zero attached hydrogens (tertiary/aromatic N) is 2. The number of carbonyl (C=O) groups excluding carboxylic acids is 1. The zero-order valence-corrected chi connectivity index (χ0v) is 17.2. The number of ether oxygens (including phenoxy) is 2. The van der Waals surface area contributed by atoms with Gasteiger partial charge in [0.15, 0.2) is 5.58 Å². The molecule has 0 amide bonds. The minimum absolute atomic E-state index is 0.193. The molecule has 0 aliphatic heterocycles. The van der Waals surface area contributed by atoms with E-state index in [-0.39, 0.29) is 12.4 Å². The van der Waals surface area contributed by atoms with Gasteiger partial charge in [-0.15, -0.1) is 0 Å². The Morgan fingerprint density at radius 2 is 1.97 bits per heavy atom. The molecule has 0 atom stereocenters. The number of pyridine rings is 1. The number of carbonyl (C=O) groups is 1. The molecule has 30 heavy (non-hydrogen) atoms. The van der Waals surface area contributed by atoms with Gasteiger partial charge in [-0.3, -0.25) is 9.78 Å². The molecule has 0 fully saturated rings. The highest BCUT2D eigenvalue weighted by Crippen LogP contribution is 2.28. The summed E-state index contributed by atoms with van der Waals surface area (Å²) in [5, 5.41) is 0.960. The average Bonchev–Trinajstić information content (AvgIpc) is 3.16. The number of fused-ring (bicyclic) bond motifs is 1. The van der Waals surface area contributed by atoms with Crippen LogP contribution in [0.4, 0.5) is 0 Å². The Bertz CT molecular complexity index is 1180. The number of rotatable bonds is 7. The van der Waals surface area contributed by atoms with E-state index in [2.05, 4.69) is 9.97 Å². The Kier molecular flexibility index (Phi) is 6.16. The van der Waals surface area contributed by atoms with Gasteiger partial charge in [0.1, 0.15) is 22.7 Å². The van der Waals surface area contributed by atoms with Crippen LogP contribution in [0.5, 0.6) is 11.5 Å². The Labute approximate surface area is 182 Å². The number of aromatic nitrogens is 2. The smallest absolute Gasteiger partial charge is 0.311 e. The van der Waals surface area contributed by atoms with E-state index in [1.807, 2.05) is 18.2 Å². The second kappa shape index (κ2) is 9.15. The first-order chi connectivity index (χ1) is 14.6. The number of benzene rings is 2. The van der Waals surface area contributed by atoms with Crippen LogP contribution in [-0.2, 0) is 4.79 Å². The monoisotopic (exact) mass is 442 g/mol. The van der Waals surface area contributed by atoms with Crippen molar-refractivity contribution in [3.05, 3.63) is 70.8 Å². The standard InChI is InChI=1S/C22H16Cl2N2O4/c23-14-6-9-19(16(24)12-14)28-11-3-5-21(27)29-15-7-8-17-20(13-15)30-22(26-17)18-4-1-2-10-25-18/h1-2,4,6-10,12-13H,3,5,11H2. The van der Waals surface area contributed by atoms with Crippen LogP contribution < -0.4 is 9.47 Å². The van der Waals surface area contributed by atoms with E-state index in [9.17, 15) is 4.79 Å². The van der Waals surface area contributed by atoms with E-state index >= 15 is 0 Å². The second-order valence-corrected chi connectivity index (χ2v) is 7.21. The van der Waals surface area contributed by atoms with Crippen molar-refractivity contribution in [1.82, 2.24) is 9.97 Å². The third-order valence-electron chi connectivity index (χ3n) is 4.15. The molecule has 0 N–H and O–H groups in total. The topological polar surface area (TPSA) is 74.5 Å². The van der Waals surface area contributed by atoms with Crippen molar-refractivity contribution in [1.29, 1.82) is 0 Å². The third-order valence-corrected chi connectivity index (χ3v) is 4.68. The first kappa shape index (κ1) is 20.2. The molecule has 2 aromatic heterocycles. The third kappa shape index (κ3) is 4.90. The van der Waals surface area contributed by atoms with Crippen LogP contribution in [0.15, 0.2) is 65.2 Å². The van der Waals surface area contributed by atoms with E-state index in [0.29, 0.717) is 57.3 Å². The van der Waals surface area contributed by atoms with Crippen LogP contribution in [0, 0.1) is 0 Å². The molecule has 0 aliphatic carbocycles. The van der Waals surface area contributed by atoms with Crippen molar-refractivity contribution in [2.45, 2.75) is 12.8 Å². The lowest BCUT2D eigenvalue weighted by Crippen LogP contribution is -2.10. The molecule has 2 heterocycles. The maximum Gasteiger partial charge on any atom is 0.311 e. The number of hydrogen-bond acceptors (Lipinski definition) is 6. The van der Waals surface area contributed by atoms with Gasteiger partial charge in [-0.2, -0.15) is 0 Å². The summed E-state index contributed by atoms with van der Waals surface area (Å²) in [5.41, 5.74) is 1.80. The van der Waals surface area contributed by atoms with Crippen molar-refractivity contribution in [3.63, 3.8) is 0 Å². The lowest BCUT2D eigenvalue weighted by Gasteiger charge is -2.08. The number of hydrogen-bond donors (Lipinski definition) is 0. The van der Waals surface area contributed by atoms with E-state index in [4.69, 9.17) is 37.1 Å². The van der Waals surface area contributed by atoms with Crippen molar-refractivity contribution < 1.29 is 18.7 Å². The molecule has 0 bridgehead atoms. The van der Waals surface area contributed by atoms with Crippen LogP contribution in [0.3, 0.4) is 0 Å². The van der Waals surface area contributed by atoms with Crippen molar-refractivity contribution >= 4 is 40.3 Å². The SMILES string of the molecule is O=C(CCCOc1ccc(Cl)cc1Cl)Oc1ccc2nc(-c3ccccn3)oc2c1. The molecule has 152 valence electrons. The molecule has 4 aromatic rings. The average molecular weight is 443 g/mol. The fraction of sp³-hybridized carbons (Fsp3) is 0.136. The van der Waals surface area contributed by atoms with Crippen molar-refractivity contribution in [3.8, 4) is 23.1 Å². The lowest BCUT2D eigenvalue weighted by molar-refractivity contribution is -0.134. The summed E-state index contributed by atoms with van der Waals surface area (Å²) in [4.78, 5) is 20.7. The number of oxazole rings is 1. The zero-order valence-electron chi connectivity index (χ0n) is 15.7. The predicted octanol–water partition coefficient (Wildman–Crippen LogP) is 5.96. The largest absolute Gasteiger partial charge is 0.492 e. The van der Waals surface area contributed by atoms with Gasteiger partial charge in [0.05, 0.1) is 11.6 Å². The Hall–Kier alpha value is -3.09. The van der Waals surface area contributed by atoms with E-state index in [0.717, 1.165) is 0 Å². The predicted molar refractivity (Wildman–Crippen MR) is 114 cm³/mol. The molecule has 0 saturated carbocycles. The minimum Gasteiger partial charge on any atom is -0.492 e. The highest BCUT2D eigenvalue weighted by Gasteiger charge is 2.12. The summed E-state index contributed by atoms with van der Waals surface area (Å²) in [6.45, 7) is 0.324. The summed E-state index contributed by atoms with van der Waals surface area (Å²) in [7, 11) is 0. The van der Waals surface area contributed by atoms with Crippen LogP contribution >= 0.6 is 23.2 Å². The summed E-state index contributed by atoms with van der Waals surface area (Å²) in [6, 6.07) is 15.5. The number of halogens is 2. The summed E-state index contributed by atoms with van der Waals surface area (Å²) in [5.74, 6) is 0.948. The molecule has 2 aromatic carbocycles. The van der Waals surface area contributed by atoms with Gasteiger partial charge in [-0.25, -0.2) is 4.98 Å². The fourth-order valence-electron chi connectivity index (χ4n) is 2.74. The van der Waals surface area contributed by atoms with Gasteiger partial charge in [0.25, 0.3) is 0 Å². The molecular weight excluding hydrogens is 427 g/mol. The summed E-state index contributed by atoms with van der Waals surface area (Å²) >= 11 is 11.9. The highest BCUT2D eigenvalue weighted by molar-refractivity contribution is 6.35. The van der Waals surface area contributed by atoms with Crippen LogP contribution in [0.1, 0.15) is 12.8 Å². The van der Waals surface area contributed by atoms with Crippen LogP contribution in [-0.4, -0.2) is 22.5 Å². The normalized spacial score (nSPS) is 10.9. The first-order valence-corrected chi connectivity index (χ1v) is 9.94. The molecule has 0 aliphatic rings. The minimum atomic E-state index is -0.371. The molecule has 6 nitrogen and oxygen atoms in total. The van der Waals surface area contributed by atoms with Gasteiger partial charge in [0.2, 0.25) is 5.89 Å². The van der Waals surface area contributed by atoms with Crippen molar-refractivity contribution in [2.24, 2.45) is 0 Å². The maximum atomic E-state index is 12.1. The molecule has 4 rings (SSSR count). The lowest BCUT2D eigenvalue weighted by atomic mass is 10.3. The Morgan fingerprint density at radius 1 is 1.07 bits per heavy atom. The van der Waals surface area contributed by atoms with Gasteiger partial charge in [0, 0.05) is 23.7 Å². The number of esters is 1. The second-order valence-electron chi connectivity index (χ2n) is 6.36. The quantitative estimate of drug-likeness (QED) is 0.199. The zero-order chi connectivity index (χ0) is 20.9. The Balaban J connectivity index is 1.31. The van der Waals surface area contributed by atoms with Crippen molar-refractivity contribution in [2.75, 3.05) is 6.61 Å². The summed E-state index contributed by atoms with van der Waals surface area (Å²) in [6.07, 6.45) is 2.34. The molecule has 8 heteroatoms. The maximum absolute atomic E-state index is 12.1. The van der Waals surface area contributed by atoms with E-state index in [1.165, 1.54) is 0 Å². The Morgan fingerprint density at radius 3 is 2.77 bits per heavy atom. The van der Waals surface area contributed by atoms with Gasteiger partial charge >= 0.3 is 5.97 Å².